The van der Waals surface area contributed by atoms with Gasteiger partial charge in [-0.15, -0.1) is 0 Å². The van der Waals surface area contributed by atoms with Crippen LogP contribution in [0.15, 0.2) is 42.5 Å². The third kappa shape index (κ3) is 4.17. The molecule has 0 radical (unpaired) electrons. The van der Waals surface area contributed by atoms with Gasteiger partial charge in [0.2, 0.25) is 0 Å². The lowest BCUT2D eigenvalue weighted by molar-refractivity contribution is 0.551. The second-order valence-electron chi connectivity index (χ2n) is 4.97. The molecule has 0 amide bonds. The minimum Gasteiger partial charge on any atom is -0.0918 e. The quantitative estimate of drug-likeness (QED) is 0.416. The Morgan fingerprint density at radius 2 is 1.52 bits per heavy atom. The molecule has 112 valence electrons. The van der Waals surface area contributed by atoms with E-state index in [0.29, 0.717) is 10.0 Å². The van der Waals surface area contributed by atoms with Crippen molar-refractivity contribution in [2.75, 3.05) is 10.7 Å². The highest BCUT2D eigenvalue weighted by molar-refractivity contribution is 9.09. The highest BCUT2D eigenvalue weighted by Gasteiger charge is 2.31. The second kappa shape index (κ2) is 7.70. The average Bonchev–Trinajstić information content (AvgIpc) is 2.47. The van der Waals surface area contributed by atoms with Gasteiger partial charge in [-0.25, -0.2) is 0 Å². The highest BCUT2D eigenvalue weighted by Crippen LogP contribution is 2.36. The smallest absolute Gasteiger partial charge is 0.0453 e. The van der Waals surface area contributed by atoms with E-state index in [-0.39, 0.29) is 5.41 Å². The summed E-state index contributed by atoms with van der Waals surface area (Å²) in [6, 6.07) is 13.6. The molecule has 0 aliphatic carbocycles. The fourth-order valence-electron chi connectivity index (χ4n) is 2.23. The number of hydrogen-bond donors (Lipinski definition) is 0. The van der Waals surface area contributed by atoms with Crippen LogP contribution in [0.3, 0.4) is 0 Å². The normalized spacial score (nSPS) is 11.7. The first-order chi connectivity index (χ1) is 10.0. The van der Waals surface area contributed by atoms with Gasteiger partial charge in [-0.3, -0.25) is 0 Å². The summed E-state index contributed by atoms with van der Waals surface area (Å²) in [5.74, 6) is 0. The highest BCUT2D eigenvalue weighted by atomic mass is 79.9. The van der Waals surface area contributed by atoms with Crippen LogP contribution in [-0.4, -0.2) is 10.7 Å². The molecule has 0 N–H and O–H groups in total. The summed E-state index contributed by atoms with van der Waals surface area (Å²) >= 11 is 25.7. The molecular weight excluding hydrogens is 458 g/mol. The van der Waals surface area contributed by atoms with Crippen LogP contribution in [0.25, 0.3) is 0 Å². The monoisotopic (exact) mass is 468 g/mol. The van der Waals surface area contributed by atoms with Crippen LogP contribution in [0.1, 0.15) is 11.1 Å². The minimum absolute atomic E-state index is 0.123. The molecule has 0 saturated carbocycles. The van der Waals surface area contributed by atoms with Crippen molar-refractivity contribution in [3.8, 4) is 0 Å². The summed E-state index contributed by atoms with van der Waals surface area (Å²) in [5, 5.41) is 3.67. The van der Waals surface area contributed by atoms with Crippen LogP contribution >= 0.6 is 66.7 Å². The van der Waals surface area contributed by atoms with E-state index in [9.17, 15) is 0 Å². The molecule has 0 bridgehead atoms. The number of rotatable bonds is 5. The number of hydrogen-bond acceptors (Lipinski definition) is 0. The summed E-state index contributed by atoms with van der Waals surface area (Å²) in [6.07, 6.45) is 0.792. The third-order valence-electron chi connectivity index (χ3n) is 3.49. The Morgan fingerprint density at radius 3 is 2.10 bits per heavy atom. The van der Waals surface area contributed by atoms with E-state index in [4.69, 9.17) is 34.8 Å². The van der Waals surface area contributed by atoms with Gasteiger partial charge in [-0.2, -0.15) is 0 Å². The van der Waals surface area contributed by atoms with Gasteiger partial charge in [0.15, 0.2) is 0 Å². The third-order valence-corrected chi connectivity index (χ3v) is 6.46. The maximum absolute atomic E-state index is 6.33. The van der Waals surface area contributed by atoms with Gasteiger partial charge in [0.05, 0.1) is 0 Å². The SMILES string of the molecule is Clc1cccc(C(CBr)(CBr)Cc2ccc(Cl)cc2Cl)c1. The molecular formula is C16H13Br2Cl3. The summed E-state index contributed by atoms with van der Waals surface area (Å²) in [5.41, 5.74) is 2.12. The van der Waals surface area contributed by atoms with Crippen LogP contribution in [0.4, 0.5) is 0 Å². The zero-order valence-electron chi connectivity index (χ0n) is 11.1. The van der Waals surface area contributed by atoms with Gasteiger partial charge >= 0.3 is 0 Å². The van der Waals surface area contributed by atoms with Crippen LogP contribution in [0.5, 0.6) is 0 Å². The topological polar surface area (TPSA) is 0 Å². The fraction of sp³-hybridized carbons (Fsp3) is 0.250. The summed E-state index contributed by atoms with van der Waals surface area (Å²) in [4.78, 5) is 0. The lowest BCUT2D eigenvalue weighted by Gasteiger charge is -2.31. The van der Waals surface area contributed by atoms with E-state index >= 15 is 0 Å². The lowest BCUT2D eigenvalue weighted by Crippen LogP contribution is -2.33. The van der Waals surface area contributed by atoms with Crippen LogP contribution in [0.2, 0.25) is 15.1 Å². The van der Waals surface area contributed by atoms with Crippen molar-refractivity contribution in [2.24, 2.45) is 0 Å². The molecule has 2 rings (SSSR count). The largest absolute Gasteiger partial charge is 0.0918 e. The first-order valence-electron chi connectivity index (χ1n) is 6.33. The van der Waals surface area contributed by atoms with E-state index in [0.717, 1.165) is 27.7 Å². The Balaban J connectivity index is 2.43. The molecule has 0 atom stereocenters. The Kier molecular flexibility index (Phi) is 6.46. The van der Waals surface area contributed by atoms with Crippen LogP contribution < -0.4 is 0 Å². The van der Waals surface area contributed by atoms with Crippen molar-refractivity contribution in [3.63, 3.8) is 0 Å². The molecule has 21 heavy (non-hydrogen) atoms. The lowest BCUT2D eigenvalue weighted by atomic mass is 9.79. The maximum atomic E-state index is 6.33. The zero-order valence-corrected chi connectivity index (χ0v) is 16.5. The second-order valence-corrected chi connectivity index (χ2v) is 7.37. The molecule has 5 heteroatoms. The van der Waals surface area contributed by atoms with Crippen molar-refractivity contribution in [1.29, 1.82) is 0 Å². The fourth-order valence-corrected chi connectivity index (χ4v) is 4.87. The van der Waals surface area contributed by atoms with E-state index in [1.54, 1.807) is 6.07 Å². The molecule has 0 heterocycles. The van der Waals surface area contributed by atoms with Crippen molar-refractivity contribution in [1.82, 2.24) is 0 Å². The predicted molar refractivity (Wildman–Crippen MR) is 101 cm³/mol. The first-order valence-corrected chi connectivity index (χ1v) is 9.70. The standard InChI is InChI=1S/C16H13Br2Cl3/c17-9-16(10-18,12-2-1-3-13(19)6-12)8-11-4-5-14(20)7-15(11)21/h1-7H,8-10H2. The van der Waals surface area contributed by atoms with E-state index in [1.807, 2.05) is 30.3 Å². The Hall–Kier alpha value is 0.270. The molecule has 2 aromatic rings. The minimum atomic E-state index is -0.123. The molecule has 0 aliphatic heterocycles. The van der Waals surface area contributed by atoms with Crippen molar-refractivity contribution >= 4 is 66.7 Å². The van der Waals surface area contributed by atoms with E-state index in [2.05, 4.69) is 37.9 Å². The summed E-state index contributed by atoms with van der Waals surface area (Å²) < 4.78 is 0. The maximum Gasteiger partial charge on any atom is 0.0453 e. The molecule has 0 spiro atoms. The summed E-state index contributed by atoms with van der Waals surface area (Å²) in [6.45, 7) is 0. The average molecular weight is 471 g/mol. The molecule has 0 fully saturated rings. The zero-order chi connectivity index (χ0) is 15.5. The molecule has 0 saturated heterocycles. The Morgan fingerprint density at radius 1 is 0.857 bits per heavy atom. The van der Waals surface area contributed by atoms with Crippen molar-refractivity contribution in [3.05, 3.63) is 68.7 Å². The van der Waals surface area contributed by atoms with Gasteiger partial charge in [-0.1, -0.05) is 84.9 Å². The van der Waals surface area contributed by atoms with Gasteiger partial charge < -0.3 is 0 Å². The van der Waals surface area contributed by atoms with Crippen molar-refractivity contribution in [2.45, 2.75) is 11.8 Å². The number of halogens is 5. The predicted octanol–water partition coefficient (Wildman–Crippen LogP) is 6.92. The van der Waals surface area contributed by atoms with Crippen LogP contribution in [0, 0.1) is 0 Å². The van der Waals surface area contributed by atoms with Crippen LogP contribution in [-0.2, 0) is 11.8 Å². The van der Waals surface area contributed by atoms with Gasteiger partial charge in [-0.05, 0) is 41.8 Å². The molecule has 0 nitrogen and oxygen atoms in total. The Bertz CT molecular complexity index is 625. The number of benzene rings is 2. The molecule has 0 unspecified atom stereocenters. The Labute approximate surface area is 157 Å². The summed E-state index contributed by atoms with van der Waals surface area (Å²) in [7, 11) is 0. The molecule has 0 aliphatic rings. The van der Waals surface area contributed by atoms with Gasteiger partial charge in [0.1, 0.15) is 0 Å². The first kappa shape index (κ1) is 17.6. The molecule has 0 aromatic heterocycles. The van der Waals surface area contributed by atoms with E-state index in [1.165, 1.54) is 5.56 Å². The van der Waals surface area contributed by atoms with Gasteiger partial charge in [0, 0.05) is 31.1 Å². The van der Waals surface area contributed by atoms with E-state index < -0.39 is 0 Å². The number of alkyl halides is 2. The van der Waals surface area contributed by atoms with Crippen molar-refractivity contribution < 1.29 is 0 Å². The molecule has 2 aromatic carbocycles. The van der Waals surface area contributed by atoms with Gasteiger partial charge in [0.25, 0.3) is 0 Å².